The van der Waals surface area contributed by atoms with E-state index in [-0.39, 0.29) is 6.17 Å². The smallest absolute Gasteiger partial charge is 0.212 e. The average molecular weight is 427 g/mol. The molecule has 3 N–H and O–H groups in total. The summed E-state index contributed by atoms with van der Waals surface area (Å²) in [4.78, 5) is 12.1. The van der Waals surface area contributed by atoms with Crippen LogP contribution in [0, 0.1) is 0 Å². The van der Waals surface area contributed by atoms with Gasteiger partial charge in [-0.05, 0) is 47.8 Å². The molecule has 0 amide bonds. The summed E-state index contributed by atoms with van der Waals surface area (Å²) in [5.41, 5.74) is 13.4. The van der Waals surface area contributed by atoms with Gasteiger partial charge in [0.1, 0.15) is 0 Å². The van der Waals surface area contributed by atoms with Crippen molar-refractivity contribution >= 4 is 29.0 Å². The minimum absolute atomic E-state index is 0.210. The Morgan fingerprint density at radius 1 is 1.00 bits per heavy atom. The highest BCUT2D eigenvalue weighted by Gasteiger charge is 2.34. The molecule has 3 heterocycles. The first-order valence-electron chi connectivity index (χ1n) is 11.2. The van der Waals surface area contributed by atoms with Crippen LogP contribution >= 0.6 is 0 Å². The highest BCUT2D eigenvalue weighted by Crippen LogP contribution is 2.44. The zero-order valence-electron chi connectivity index (χ0n) is 17.9. The van der Waals surface area contributed by atoms with Crippen LogP contribution in [0.3, 0.4) is 0 Å². The van der Waals surface area contributed by atoms with Gasteiger partial charge in [-0.25, -0.2) is 9.98 Å². The van der Waals surface area contributed by atoms with Crippen molar-refractivity contribution in [1.29, 1.82) is 0 Å². The average Bonchev–Trinajstić information content (AvgIpc) is 3.41. The zero-order chi connectivity index (χ0) is 21.5. The van der Waals surface area contributed by atoms with Gasteiger partial charge in [-0.15, -0.1) is 0 Å². The fourth-order valence-electron chi connectivity index (χ4n) is 5.00. The van der Waals surface area contributed by atoms with Crippen molar-refractivity contribution in [2.75, 3.05) is 31.6 Å². The number of rotatable bonds is 3. The van der Waals surface area contributed by atoms with Crippen LogP contribution in [0.1, 0.15) is 24.6 Å². The number of hydrogen-bond donors (Lipinski definition) is 2. The molecule has 0 spiro atoms. The van der Waals surface area contributed by atoms with E-state index in [0.29, 0.717) is 5.96 Å². The van der Waals surface area contributed by atoms with Gasteiger partial charge < -0.3 is 15.4 Å². The molecule has 7 heteroatoms. The Kier molecular flexibility index (Phi) is 4.69. The second kappa shape index (κ2) is 7.84. The SMILES string of the molecule is NC1=N[C@H](C2=C(N3CCOCC3)/C(=C/c3ccccc3)CC2)n2c(nc3ccccc32)N1. The van der Waals surface area contributed by atoms with E-state index in [1.54, 1.807) is 0 Å². The predicted molar refractivity (Wildman–Crippen MR) is 127 cm³/mol. The van der Waals surface area contributed by atoms with Gasteiger partial charge >= 0.3 is 0 Å². The molecule has 0 unspecified atom stereocenters. The number of morpholine rings is 1. The van der Waals surface area contributed by atoms with Crippen LogP contribution in [-0.4, -0.2) is 46.7 Å². The van der Waals surface area contributed by atoms with Gasteiger partial charge in [-0.2, -0.15) is 0 Å². The second-order valence-corrected chi connectivity index (χ2v) is 8.36. The molecule has 7 nitrogen and oxygen atoms in total. The van der Waals surface area contributed by atoms with Gasteiger partial charge in [0.15, 0.2) is 12.1 Å². The summed E-state index contributed by atoms with van der Waals surface area (Å²) in [7, 11) is 0. The Balaban J connectivity index is 1.52. The first-order valence-corrected chi connectivity index (χ1v) is 11.2. The number of aliphatic imine (C=N–C) groups is 1. The predicted octanol–water partition coefficient (Wildman–Crippen LogP) is 3.74. The second-order valence-electron chi connectivity index (χ2n) is 8.36. The molecule has 2 aromatic carbocycles. The Morgan fingerprint density at radius 2 is 1.78 bits per heavy atom. The number of nitrogens with zero attached hydrogens (tertiary/aromatic N) is 4. The fourth-order valence-corrected chi connectivity index (χ4v) is 5.00. The lowest BCUT2D eigenvalue weighted by atomic mass is 10.1. The quantitative estimate of drug-likeness (QED) is 0.667. The molecule has 3 aliphatic rings. The molecule has 162 valence electrons. The van der Waals surface area contributed by atoms with Crippen LogP contribution in [0.15, 0.2) is 76.4 Å². The summed E-state index contributed by atoms with van der Waals surface area (Å²) < 4.78 is 7.84. The lowest BCUT2D eigenvalue weighted by molar-refractivity contribution is 0.0544. The molecule has 0 saturated carbocycles. The molecule has 1 aliphatic carbocycles. The number of imidazole rings is 1. The third-order valence-electron chi connectivity index (χ3n) is 6.39. The normalized spacial score (nSPS) is 22.2. The highest BCUT2D eigenvalue weighted by atomic mass is 16.5. The third kappa shape index (κ3) is 3.26. The molecule has 2 aliphatic heterocycles. The molecule has 0 radical (unpaired) electrons. The number of anilines is 1. The third-order valence-corrected chi connectivity index (χ3v) is 6.39. The standard InChI is InChI=1S/C25H26N6O/c26-24-28-23(31-21-9-5-4-8-20(21)27-25(31)29-24)19-11-10-18(16-17-6-2-1-3-7-17)22(19)30-12-14-32-15-13-30/h1-9,16,23H,10-15H2,(H3,26,27,28,29)/b18-16+/t23-/m0/s1. The molecule has 1 aromatic heterocycles. The first-order chi connectivity index (χ1) is 15.8. The van der Waals surface area contributed by atoms with Crippen molar-refractivity contribution in [3.63, 3.8) is 0 Å². The van der Waals surface area contributed by atoms with Gasteiger partial charge in [0.05, 0.1) is 24.2 Å². The van der Waals surface area contributed by atoms with Crippen LogP contribution in [0.5, 0.6) is 0 Å². The number of benzene rings is 2. The summed E-state index contributed by atoms with van der Waals surface area (Å²) in [6.45, 7) is 3.25. The topological polar surface area (TPSA) is 80.7 Å². The van der Waals surface area contributed by atoms with E-state index in [1.165, 1.54) is 22.4 Å². The molecule has 6 rings (SSSR count). The molecule has 1 saturated heterocycles. The number of ether oxygens (including phenoxy) is 1. The lowest BCUT2D eigenvalue weighted by Gasteiger charge is -2.33. The van der Waals surface area contributed by atoms with Crippen LogP contribution in [0.4, 0.5) is 5.95 Å². The van der Waals surface area contributed by atoms with Crippen molar-refractivity contribution in [2.45, 2.75) is 19.0 Å². The maximum Gasteiger partial charge on any atom is 0.212 e. The summed E-state index contributed by atoms with van der Waals surface area (Å²) in [5.74, 6) is 1.16. The number of fused-ring (bicyclic) bond motifs is 3. The zero-order valence-corrected chi connectivity index (χ0v) is 17.9. The molecule has 1 atom stereocenters. The van der Waals surface area contributed by atoms with Crippen molar-refractivity contribution in [3.05, 3.63) is 77.0 Å². The monoisotopic (exact) mass is 426 g/mol. The van der Waals surface area contributed by atoms with E-state index in [1.807, 2.05) is 18.2 Å². The van der Waals surface area contributed by atoms with Crippen molar-refractivity contribution in [3.8, 4) is 0 Å². The lowest BCUT2D eigenvalue weighted by Crippen LogP contribution is -2.37. The van der Waals surface area contributed by atoms with E-state index < -0.39 is 0 Å². The molecule has 0 bridgehead atoms. The van der Waals surface area contributed by atoms with Gasteiger partial charge in [0.25, 0.3) is 0 Å². The van der Waals surface area contributed by atoms with Gasteiger partial charge in [0, 0.05) is 18.8 Å². The Bertz CT molecular complexity index is 1250. The van der Waals surface area contributed by atoms with Crippen molar-refractivity contribution in [1.82, 2.24) is 14.5 Å². The van der Waals surface area contributed by atoms with Crippen LogP contribution in [0.2, 0.25) is 0 Å². The maximum atomic E-state index is 6.23. The molecular formula is C25H26N6O. The maximum absolute atomic E-state index is 6.23. The summed E-state index contributed by atoms with van der Waals surface area (Å²) >= 11 is 0. The van der Waals surface area contributed by atoms with Gasteiger partial charge in [0.2, 0.25) is 5.95 Å². The van der Waals surface area contributed by atoms with Crippen molar-refractivity contribution < 1.29 is 4.74 Å². The Morgan fingerprint density at radius 3 is 2.62 bits per heavy atom. The van der Waals surface area contributed by atoms with Gasteiger partial charge in [-0.3, -0.25) is 9.88 Å². The van der Waals surface area contributed by atoms with Crippen LogP contribution < -0.4 is 11.1 Å². The number of guanidine groups is 1. The van der Waals surface area contributed by atoms with Crippen LogP contribution in [0.25, 0.3) is 17.1 Å². The number of allylic oxidation sites excluding steroid dienone is 1. The molecule has 1 fully saturated rings. The van der Waals surface area contributed by atoms with E-state index in [0.717, 1.165) is 56.1 Å². The number of hydrogen-bond acceptors (Lipinski definition) is 6. The molecular weight excluding hydrogens is 400 g/mol. The Labute approximate surface area is 186 Å². The fraction of sp³-hybridized carbons (Fsp3) is 0.280. The number of aromatic nitrogens is 2. The molecule has 32 heavy (non-hydrogen) atoms. The van der Waals surface area contributed by atoms with Crippen LogP contribution in [-0.2, 0) is 4.74 Å². The highest BCUT2D eigenvalue weighted by molar-refractivity contribution is 5.94. The van der Waals surface area contributed by atoms with E-state index in [9.17, 15) is 0 Å². The first kappa shape index (κ1) is 19.1. The minimum atomic E-state index is -0.210. The van der Waals surface area contributed by atoms with Gasteiger partial charge in [-0.1, -0.05) is 42.5 Å². The molecule has 3 aromatic rings. The number of nitrogens with two attached hydrogens (primary N) is 1. The number of nitrogens with one attached hydrogen (secondary N) is 1. The van der Waals surface area contributed by atoms with E-state index in [2.05, 4.69) is 57.3 Å². The van der Waals surface area contributed by atoms with E-state index >= 15 is 0 Å². The van der Waals surface area contributed by atoms with Crippen molar-refractivity contribution in [2.24, 2.45) is 10.7 Å². The largest absolute Gasteiger partial charge is 0.378 e. The Hall–Kier alpha value is -3.58. The summed E-state index contributed by atoms with van der Waals surface area (Å²) in [5, 5.41) is 3.16. The summed E-state index contributed by atoms with van der Waals surface area (Å²) in [6, 6.07) is 18.7. The van der Waals surface area contributed by atoms with E-state index in [4.69, 9.17) is 20.4 Å². The summed E-state index contributed by atoms with van der Waals surface area (Å²) in [6.07, 6.45) is 4.04. The number of para-hydroxylation sites is 2. The minimum Gasteiger partial charge on any atom is -0.378 e.